The molecule has 2 unspecified atom stereocenters. The molecule has 4 N–H and O–H groups in total. The van der Waals surface area contributed by atoms with Crippen LogP contribution in [0.1, 0.15) is 29.8 Å². The number of rotatable bonds is 6. The fraction of sp³-hybridized carbons (Fsp3) is 0.276. The Balaban J connectivity index is 1.64. The van der Waals surface area contributed by atoms with E-state index in [1.807, 2.05) is 38.1 Å². The van der Waals surface area contributed by atoms with Crippen molar-refractivity contribution in [3.05, 3.63) is 87.5 Å². The average molecular weight is 568 g/mol. The second-order valence-corrected chi connectivity index (χ2v) is 10.9. The lowest BCUT2D eigenvalue weighted by atomic mass is 9.62. The van der Waals surface area contributed by atoms with Gasteiger partial charge in [-0.25, -0.2) is 4.79 Å². The first-order chi connectivity index (χ1) is 18.6. The number of hydrogen-bond donors (Lipinski definition) is 4. The number of carboxylic acid groups (broad SMARTS) is 1. The van der Waals surface area contributed by atoms with Gasteiger partial charge in [0.15, 0.2) is 0 Å². The number of aromatic carboxylic acids is 1. The number of benzene rings is 2. The highest BCUT2D eigenvalue weighted by Gasteiger charge is 2.66. The minimum atomic E-state index is -1.18. The number of anilines is 2. The minimum absolute atomic E-state index is 0.0233. The van der Waals surface area contributed by atoms with Crippen molar-refractivity contribution in [2.75, 3.05) is 17.7 Å². The zero-order chi connectivity index (χ0) is 28.1. The van der Waals surface area contributed by atoms with Crippen LogP contribution in [-0.4, -0.2) is 42.1 Å². The Morgan fingerprint density at radius 1 is 1.15 bits per heavy atom. The van der Waals surface area contributed by atoms with Gasteiger partial charge in [-0.15, -0.1) is 0 Å². The Labute approximate surface area is 235 Å². The summed E-state index contributed by atoms with van der Waals surface area (Å²) in [5, 5.41) is 19.7. The van der Waals surface area contributed by atoms with Crippen molar-refractivity contribution >= 4 is 52.4 Å². The molecular formula is C29H27Cl2N3O5. The number of fused-ring (bicyclic) bond motifs is 2. The summed E-state index contributed by atoms with van der Waals surface area (Å²) in [5.41, 5.74) is 1.45. The van der Waals surface area contributed by atoms with Crippen LogP contribution in [-0.2, 0) is 15.0 Å². The second kappa shape index (κ2) is 10.2. The van der Waals surface area contributed by atoms with Gasteiger partial charge in [0.1, 0.15) is 11.2 Å². The van der Waals surface area contributed by atoms with E-state index in [0.717, 1.165) is 11.1 Å². The zero-order valence-electron chi connectivity index (χ0n) is 21.4. The van der Waals surface area contributed by atoms with Gasteiger partial charge in [0.05, 0.1) is 24.4 Å². The van der Waals surface area contributed by atoms with Gasteiger partial charge in [0, 0.05) is 33.6 Å². The average Bonchev–Trinajstić information content (AvgIpc) is 3.53. The van der Waals surface area contributed by atoms with Crippen LogP contribution in [0, 0.1) is 11.8 Å². The smallest absolute Gasteiger partial charge is 0.335 e. The molecule has 0 saturated carbocycles. The summed E-state index contributed by atoms with van der Waals surface area (Å²) in [7, 11) is 1.39. The third-order valence-corrected chi connectivity index (χ3v) is 8.17. The van der Waals surface area contributed by atoms with Gasteiger partial charge >= 0.3 is 5.97 Å². The quantitative estimate of drug-likeness (QED) is 0.360. The van der Waals surface area contributed by atoms with E-state index >= 15 is 0 Å². The van der Waals surface area contributed by atoms with Crippen molar-refractivity contribution < 1.29 is 24.2 Å². The van der Waals surface area contributed by atoms with Crippen LogP contribution in [0.4, 0.5) is 11.4 Å². The first-order valence-electron chi connectivity index (χ1n) is 12.4. The fourth-order valence-corrected chi connectivity index (χ4v) is 6.46. The zero-order valence-corrected chi connectivity index (χ0v) is 22.9. The van der Waals surface area contributed by atoms with Crippen LogP contribution in [0.25, 0.3) is 0 Å². The highest BCUT2D eigenvalue weighted by Crippen LogP contribution is 2.56. The lowest BCUT2D eigenvalue weighted by Crippen LogP contribution is -2.50. The van der Waals surface area contributed by atoms with Crippen LogP contribution in [0.5, 0.6) is 5.75 Å². The lowest BCUT2D eigenvalue weighted by molar-refractivity contribution is -0.123. The first kappa shape index (κ1) is 27.0. The summed E-state index contributed by atoms with van der Waals surface area (Å²) in [6.45, 7) is 3.87. The van der Waals surface area contributed by atoms with Crippen LogP contribution in [0.3, 0.4) is 0 Å². The van der Waals surface area contributed by atoms with E-state index < -0.39 is 41.2 Å². The number of methoxy groups -OCH3 is 1. The SMILES string of the molecule is COc1cc(C(=O)O)ccc1NC(=O)[C@@H]1N[C@@H](C=C(C)C)[C@@]2(C(=O)Nc3cc(Cl)ccc32)C1C1C=CC=C1Cl. The van der Waals surface area contributed by atoms with E-state index in [9.17, 15) is 19.5 Å². The molecule has 1 fully saturated rings. The highest BCUT2D eigenvalue weighted by molar-refractivity contribution is 6.31. The number of nitrogens with one attached hydrogen (secondary N) is 3. The second-order valence-electron chi connectivity index (χ2n) is 10.1. The molecule has 0 bridgehead atoms. The summed E-state index contributed by atoms with van der Waals surface area (Å²) in [4.78, 5) is 39.5. The van der Waals surface area contributed by atoms with Gasteiger partial charge in [0.25, 0.3) is 0 Å². The maximum absolute atomic E-state index is 14.0. The van der Waals surface area contributed by atoms with Crippen LogP contribution < -0.4 is 20.7 Å². The molecule has 1 spiro atoms. The van der Waals surface area contributed by atoms with Gasteiger partial charge < -0.3 is 20.5 Å². The molecular weight excluding hydrogens is 541 g/mol. The monoisotopic (exact) mass is 567 g/mol. The lowest BCUT2D eigenvalue weighted by Gasteiger charge is -2.37. The highest BCUT2D eigenvalue weighted by atomic mass is 35.5. The molecule has 202 valence electrons. The first-order valence-corrected chi connectivity index (χ1v) is 13.1. The maximum atomic E-state index is 14.0. The third kappa shape index (κ3) is 4.42. The molecule has 5 rings (SSSR count). The van der Waals surface area contributed by atoms with Gasteiger partial charge in [-0.05, 0) is 55.8 Å². The topological polar surface area (TPSA) is 117 Å². The van der Waals surface area contributed by atoms with Gasteiger partial charge in [-0.3, -0.25) is 14.9 Å². The van der Waals surface area contributed by atoms with Crippen molar-refractivity contribution in [1.82, 2.24) is 5.32 Å². The molecule has 5 atom stereocenters. The molecule has 39 heavy (non-hydrogen) atoms. The van der Waals surface area contributed by atoms with Crippen LogP contribution in [0.15, 0.2) is 71.3 Å². The Hall–Kier alpha value is -3.59. The van der Waals surface area contributed by atoms with E-state index in [1.54, 1.807) is 18.2 Å². The predicted molar refractivity (Wildman–Crippen MR) is 151 cm³/mol. The summed E-state index contributed by atoms with van der Waals surface area (Å²) >= 11 is 13.0. The van der Waals surface area contributed by atoms with E-state index in [-0.39, 0.29) is 17.2 Å². The summed E-state index contributed by atoms with van der Waals surface area (Å²) in [5.74, 6) is -2.61. The molecule has 2 heterocycles. The molecule has 0 aromatic heterocycles. The number of carboxylic acids is 1. The fourth-order valence-electron chi connectivity index (χ4n) is 6.01. The van der Waals surface area contributed by atoms with Crippen LogP contribution >= 0.6 is 23.2 Å². The van der Waals surface area contributed by atoms with Crippen molar-refractivity contribution in [2.24, 2.45) is 11.8 Å². The number of allylic oxidation sites excluding steroid dienone is 5. The normalized spacial score (nSPS) is 26.7. The van der Waals surface area contributed by atoms with Gasteiger partial charge in [0.2, 0.25) is 11.8 Å². The van der Waals surface area contributed by atoms with Crippen molar-refractivity contribution in [3.8, 4) is 5.75 Å². The molecule has 10 heteroatoms. The third-order valence-electron chi connectivity index (χ3n) is 7.55. The van der Waals surface area contributed by atoms with E-state index in [2.05, 4.69) is 16.0 Å². The largest absolute Gasteiger partial charge is 0.495 e. The number of amides is 2. The Bertz CT molecular complexity index is 1480. The molecule has 2 aliphatic heterocycles. The molecule has 1 saturated heterocycles. The van der Waals surface area contributed by atoms with Crippen molar-refractivity contribution in [1.29, 1.82) is 0 Å². The molecule has 2 amide bonds. The summed E-state index contributed by atoms with van der Waals surface area (Å²) in [6.07, 6.45) is 7.46. The van der Waals surface area contributed by atoms with Crippen molar-refractivity contribution in [3.63, 3.8) is 0 Å². The van der Waals surface area contributed by atoms with E-state index in [1.165, 1.54) is 25.3 Å². The summed E-state index contributed by atoms with van der Waals surface area (Å²) < 4.78 is 5.36. The molecule has 2 aromatic rings. The Kier molecular flexibility index (Phi) is 7.05. The number of halogens is 2. The molecule has 3 aliphatic rings. The maximum Gasteiger partial charge on any atom is 0.335 e. The summed E-state index contributed by atoms with van der Waals surface area (Å²) in [6, 6.07) is 8.09. The van der Waals surface area contributed by atoms with E-state index in [4.69, 9.17) is 27.9 Å². The Morgan fingerprint density at radius 3 is 2.56 bits per heavy atom. The van der Waals surface area contributed by atoms with Crippen molar-refractivity contribution in [2.45, 2.75) is 31.3 Å². The molecule has 0 radical (unpaired) electrons. The molecule has 8 nitrogen and oxygen atoms in total. The number of hydrogen-bond acceptors (Lipinski definition) is 5. The molecule has 2 aromatic carbocycles. The van der Waals surface area contributed by atoms with E-state index in [0.29, 0.717) is 21.4 Å². The standard InChI is InChI=1S/C29H27Cl2N3O5/c1-14(2)11-23-29(18-9-8-16(30)13-21(18)33-28(29)38)24(17-5-4-6-19(17)31)25(34-23)26(35)32-20-10-7-15(27(36)37)12-22(20)39-3/h4-13,17,23-25,34H,1-3H3,(H,32,35)(H,33,38)(H,36,37)/t17?,23-,24?,25+,29+/m0/s1. The number of carbonyl (C=O) groups excluding carboxylic acids is 2. The predicted octanol–water partition coefficient (Wildman–Crippen LogP) is 5.11. The van der Waals surface area contributed by atoms with Gasteiger partial charge in [-0.2, -0.15) is 0 Å². The van der Waals surface area contributed by atoms with Crippen LogP contribution in [0.2, 0.25) is 5.02 Å². The number of ether oxygens (including phenoxy) is 1. The van der Waals surface area contributed by atoms with Gasteiger partial charge in [-0.1, -0.05) is 53.1 Å². The molecule has 1 aliphatic carbocycles. The minimum Gasteiger partial charge on any atom is -0.495 e. The number of carbonyl (C=O) groups is 3. The Morgan fingerprint density at radius 2 is 1.92 bits per heavy atom.